The average molecular weight is 456 g/mol. The number of hydrogen-bond donors (Lipinski definition) is 0. The Balaban J connectivity index is 1.39. The second-order valence-electron chi connectivity index (χ2n) is 7.40. The third-order valence-corrected chi connectivity index (χ3v) is 7.23. The first-order valence-electron chi connectivity index (χ1n) is 9.96. The number of hydrogen-bond acceptors (Lipinski definition) is 5. The van der Waals surface area contributed by atoms with Crippen molar-refractivity contribution >= 4 is 27.3 Å². The monoisotopic (exact) mass is 455 g/mol. The predicted octanol–water partition coefficient (Wildman–Crippen LogP) is 3.53. The van der Waals surface area contributed by atoms with Crippen molar-refractivity contribution in [3.8, 4) is 0 Å². The van der Waals surface area contributed by atoms with Crippen LogP contribution in [0.4, 0.5) is 0 Å². The van der Waals surface area contributed by atoms with E-state index in [-0.39, 0.29) is 15.8 Å². The first-order valence-corrected chi connectivity index (χ1v) is 11.8. The predicted molar refractivity (Wildman–Crippen MR) is 119 cm³/mol. The fourth-order valence-corrected chi connectivity index (χ4v) is 4.83. The summed E-state index contributed by atoms with van der Waals surface area (Å²) in [5.41, 5.74) is 1.63. The van der Waals surface area contributed by atoms with Crippen LogP contribution in [0.15, 0.2) is 82.8 Å². The molecule has 3 aromatic rings. The molecule has 0 saturated carbocycles. The van der Waals surface area contributed by atoms with Crippen molar-refractivity contribution in [2.24, 2.45) is 0 Å². The van der Waals surface area contributed by atoms with Gasteiger partial charge in [0.2, 0.25) is 9.84 Å². The Bertz CT molecular complexity index is 1140. The van der Waals surface area contributed by atoms with E-state index in [1.807, 2.05) is 18.2 Å². The van der Waals surface area contributed by atoms with Crippen LogP contribution in [0.25, 0.3) is 0 Å². The minimum atomic E-state index is -3.76. The van der Waals surface area contributed by atoms with E-state index in [0.717, 1.165) is 19.6 Å². The zero-order valence-electron chi connectivity index (χ0n) is 16.8. The summed E-state index contributed by atoms with van der Waals surface area (Å²) in [5.74, 6) is -0.137. The molecule has 31 heavy (non-hydrogen) atoms. The van der Waals surface area contributed by atoms with E-state index in [2.05, 4.69) is 22.0 Å². The van der Waals surface area contributed by atoms with E-state index in [4.69, 9.17) is 11.6 Å². The molecule has 1 saturated heterocycles. The molecule has 0 N–H and O–H groups in total. The largest absolute Gasteiger partial charge is 0.336 e. The highest BCUT2D eigenvalue weighted by molar-refractivity contribution is 7.91. The molecule has 0 unspecified atom stereocenters. The van der Waals surface area contributed by atoms with Gasteiger partial charge in [-0.1, -0.05) is 41.9 Å². The fraction of sp³-hybridized carbons (Fsp3) is 0.217. The van der Waals surface area contributed by atoms with Crippen molar-refractivity contribution in [2.45, 2.75) is 16.5 Å². The fourth-order valence-electron chi connectivity index (χ4n) is 3.53. The van der Waals surface area contributed by atoms with Gasteiger partial charge in [0.1, 0.15) is 0 Å². The minimum Gasteiger partial charge on any atom is -0.336 e. The van der Waals surface area contributed by atoms with E-state index in [1.165, 1.54) is 48.2 Å². The lowest BCUT2D eigenvalue weighted by atomic mass is 10.2. The number of amides is 1. The first kappa shape index (κ1) is 21.5. The van der Waals surface area contributed by atoms with Gasteiger partial charge in [-0.15, -0.1) is 0 Å². The molecular weight excluding hydrogens is 434 g/mol. The lowest BCUT2D eigenvalue weighted by Crippen LogP contribution is -2.48. The van der Waals surface area contributed by atoms with E-state index in [9.17, 15) is 13.2 Å². The highest BCUT2D eigenvalue weighted by Gasteiger charge is 2.24. The molecule has 2 heterocycles. The maximum absolute atomic E-state index is 12.8. The summed E-state index contributed by atoms with van der Waals surface area (Å²) in [6.07, 6.45) is 1.33. The van der Waals surface area contributed by atoms with Crippen molar-refractivity contribution in [1.29, 1.82) is 0 Å². The topological polar surface area (TPSA) is 70.6 Å². The van der Waals surface area contributed by atoms with Gasteiger partial charge in [-0.25, -0.2) is 13.4 Å². The first-order chi connectivity index (χ1) is 14.9. The summed E-state index contributed by atoms with van der Waals surface area (Å²) in [6, 6.07) is 19.1. The normalized spacial score (nSPS) is 15.1. The van der Waals surface area contributed by atoms with Crippen LogP contribution in [0.1, 0.15) is 15.9 Å². The quantitative estimate of drug-likeness (QED) is 0.588. The third-order valence-electron chi connectivity index (χ3n) is 5.29. The minimum absolute atomic E-state index is 0.0981. The van der Waals surface area contributed by atoms with Crippen molar-refractivity contribution in [3.63, 3.8) is 0 Å². The van der Waals surface area contributed by atoms with Gasteiger partial charge in [-0.2, -0.15) is 0 Å². The summed E-state index contributed by atoms with van der Waals surface area (Å²) in [5, 5.41) is 0.357. The molecule has 0 aliphatic carbocycles. The summed E-state index contributed by atoms with van der Waals surface area (Å²) in [6.45, 7) is 3.68. The molecule has 1 fully saturated rings. The summed E-state index contributed by atoms with van der Waals surface area (Å²) < 4.78 is 25.4. The molecule has 0 atom stereocenters. The molecule has 1 aliphatic heterocycles. The standard InChI is InChI=1S/C23H22ClN3O3S/c24-20-7-9-21(10-8-20)31(29,30)22-11-6-19(16-25-22)23(28)27-14-12-26(13-15-27)17-18-4-2-1-3-5-18/h1-11,16H,12-15,17H2. The van der Waals surface area contributed by atoms with E-state index in [0.29, 0.717) is 23.7 Å². The Hall–Kier alpha value is -2.74. The Morgan fingerprint density at radius 2 is 1.58 bits per heavy atom. The molecule has 1 aliphatic rings. The zero-order chi connectivity index (χ0) is 21.8. The van der Waals surface area contributed by atoms with Crippen LogP contribution in [0, 0.1) is 0 Å². The summed E-state index contributed by atoms with van der Waals surface area (Å²) in [7, 11) is -3.76. The zero-order valence-corrected chi connectivity index (χ0v) is 18.4. The van der Waals surface area contributed by atoms with E-state index >= 15 is 0 Å². The van der Waals surface area contributed by atoms with Gasteiger partial charge >= 0.3 is 0 Å². The van der Waals surface area contributed by atoms with Crippen LogP contribution >= 0.6 is 11.6 Å². The molecule has 1 amide bonds. The molecule has 1 aromatic heterocycles. The molecule has 0 radical (unpaired) electrons. The van der Waals surface area contributed by atoms with Crippen LogP contribution in [0.3, 0.4) is 0 Å². The lowest BCUT2D eigenvalue weighted by molar-refractivity contribution is 0.0628. The summed E-state index contributed by atoms with van der Waals surface area (Å²) in [4.78, 5) is 21.1. The molecule has 4 rings (SSSR count). The van der Waals surface area contributed by atoms with Crippen molar-refractivity contribution in [1.82, 2.24) is 14.8 Å². The summed E-state index contributed by atoms with van der Waals surface area (Å²) >= 11 is 5.83. The number of nitrogens with zero attached hydrogens (tertiary/aromatic N) is 3. The number of rotatable bonds is 5. The van der Waals surface area contributed by atoms with Gasteiger partial charge in [-0.3, -0.25) is 9.69 Å². The lowest BCUT2D eigenvalue weighted by Gasteiger charge is -2.34. The number of carbonyl (C=O) groups is 1. The second-order valence-corrected chi connectivity index (χ2v) is 9.73. The number of piperazine rings is 1. The molecule has 0 bridgehead atoms. The molecule has 6 nitrogen and oxygen atoms in total. The maximum Gasteiger partial charge on any atom is 0.255 e. The number of sulfone groups is 1. The Morgan fingerprint density at radius 1 is 0.903 bits per heavy atom. The molecule has 2 aromatic carbocycles. The van der Waals surface area contributed by atoms with Gasteiger partial charge in [0.25, 0.3) is 5.91 Å². The van der Waals surface area contributed by atoms with Crippen molar-refractivity contribution in [2.75, 3.05) is 26.2 Å². The van der Waals surface area contributed by atoms with Crippen LogP contribution in [0.5, 0.6) is 0 Å². The molecule has 8 heteroatoms. The maximum atomic E-state index is 12.8. The average Bonchev–Trinajstić information content (AvgIpc) is 2.80. The van der Waals surface area contributed by atoms with Gasteiger partial charge in [0.15, 0.2) is 5.03 Å². The highest BCUT2D eigenvalue weighted by Crippen LogP contribution is 2.21. The Morgan fingerprint density at radius 3 is 2.19 bits per heavy atom. The van der Waals surface area contributed by atoms with Crippen LogP contribution in [0.2, 0.25) is 5.02 Å². The Labute approximate surface area is 187 Å². The number of benzene rings is 2. The number of pyridine rings is 1. The molecule has 160 valence electrons. The van der Waals surface area contributed by atoms with Crippen molar-refractivity contribution < 1.29 is 13.2 Å². The third kappa shape index (κ3) is 4.95. The number of carbonyl (C=O) groups excluding carboxylic acids is 1. The van der Waals surface area contributed by atoms with Gasteiger partial charge in [-0.05, 0) is 42.0 Å². The van der Waals surface area contributed by atoms with Gasteiger partial charge < -0.3 is 4.90 Å². The van der Waals surface area contributed by atoms with Crippen LogP contribution in [-0.2, 0) is 16.4 Å². The highest BCUT2D eigenvalue weighted by atomic mass is 35.5. The SMILES string of the molecule is O=C(c1ccc(S(=O)(=O)c2ccc(Cl)cc2)nc1)N1CCN(Cc2ccccc2)CC1. The molecular formula is C23H22ClN3O3S. The van der Waals surface area contributed by atoms with Gasteiger partial charge in [0, 0.05) is 43.9 Å². The molecule has 0 spiro atoms. The van der Waals surface area contributed by atoms with Gasteiger partial charge in [0.05, 0.1) is 10.5 Å². The second kappa shape index (κ2) is 9.18. The van der Waals surface area contributed by atoms with Crippen LogP contribution in [-0.4, -0.2) is 55.3 Å². The Kier molecular flexibility index (Phi) is 6.36. The number of aromatic nitrogens is 1. The number of halogens is 1. The van der Waals surface area contributed by atoms with Crippen LogP contribution < -0.4 is 0 Å². The van der Waals surface area contributed by atoms with Crippen molar-refractivity contribution in [3.05, 3.63) is 89.1 Å². The smallest absolute Gasteiger partial charge is 0.255 e. The van der Waals surface area contributed by atoms with E-state index < -0.39 is 9.84 Å². The van der Waals surface area contributed by atoms with E-state index in [1.54, 1.807) is 4.90 Å².